The number of aliphatic hydroxyl groups excluding tert-OH is 1. The standard InChI is InChI=1S/C20H31N3O5/c1-2-3-4-8-11-17(19(21)26)23-18(25)12-16(24)13-22-20(27)28-14-15-9-6-5-7-10-15/h5-7,9-10,16-17,24H,2-4,8,11-14H2,1H3,(H2,21,26)(H,22,27)(H,23,25)/t16-,17-/m0/s1. The van der Waals surface area contributed by atoms with Crippen molar-refractivity contribution in [2.75, 3.05) is 6.54 Å². The molecule has 0 aliphatic heterocycles. The first-order valence-corrected chi connectivity index (χ1v) is 9.63. The molecule has 1 rings (SSSR count). The van der Waals surface area contributed by atoms with Gasteiger partial charge in [0, 0.05) is 6.54 Å². The predicted octanol–water partition coefficient (Wildman–Crippen LogP) is 1.60. The first kappa shape index (κ1) is 23.4. The normalized spacial score (nSPS) is 12.6. The third-order valence-electron chi connectivity index (χ3n) is 4.14. The van der Waals surface area contributed by atoms with Gasteiger partial charge in [-0.25, -0.2) is 4.79 Å². The van der Waals surface area contributed by atoms with Gasteiger partial charge in [-0.15, -0.1) is 0 Å². The minimum Gasteiger partial charge on any atom is -0.445 e. The van der Waals surface area contributed by atoms with E-state index in [1.807, 2.05) is 30.3 Å². The second kappa shape index (κ2) is 13.5. The average molecular weight is 393 g/mol. The number of carbonyl (C=O) groups excluding carboxylic acids is 3. The maximum absolute atomic E-state index is 12.0. The number of hydrogen-bond acceptors (Lipinski definition) is 5. The minimum absolute atomic E-state index is 0.113. The van der Waals surface area contributed by atoms with Crippen LogP contribution < -0.4 is 16.4 Å². The molecule has 0 unspecified atom stereocenters. The summed E-state index contributed by atoms with van der Waals surface area (Å²) >= 11 is 0. The third-order valence-corrected chi connectivity index (χ3v) is 4.14. The van der Waals surface area contributed by atoms with Crippen molar-refractivity contribution in [2.24, 2.45) is 5.73 Å². The van der Waals surface area contributed by atoms with Crippen LogP contribution in [0, 0.1) is 0 Å². The molecular weight excluding hydrogens is 362 g/mol. The highest BCUT2D eigenvalue weighted by atomic mass is 16.5. The molecule has 1 aromatic rings. The van der Waals surface area contributed by atoms with Gasteiger partial charge in [0.1, 0.15) is 12.6 Å². The molecule has 0 fully saturated rings. The molecule has 0 saturated heterocycles. The summed E-state index contributed by atoms with van der Waals surface area (Å²) in [6, 6.07) is 8.43. The highest BCUT2D eigenvalue weighted by Crippen LogP contribution is 2.06. The Labute approximate surface area is 165 Å². The first-order valence-electron chi connectivity index (χ1n) is 9.63. The minimum atomic E-state index is -1.10. The van der Waals surface area contributed by atoms with E-state index in [1.54, 1.807) is 0 Å². The van der Waals surface area contributed by atoms with E-state index in [0.717, 1.165) is 31.2 Å². The molecule has 8 nitrogen and oxygen atoms in total. The lowest BCUT2D eigenvalue weighted by Crippen LogP contribution is -2.46. The van der Waals surface area contributed by atoms with Crippen molar-refractivity contribution in [3.63, 3.8) is 0 Å². The number of alkyl carbamates (subject to hydrolysis) is 1. The van der Waals surface area contributed by atoms with Crippen LogP contribution in [0.4, 0.5) is 4.79 Å². The van der Waals surface area contributed by atoms with Gasteiger partial charge in [-0.1, -0.05) is 62.9 Å². The van der Waals surface area contributed by atoms with Crippen molar-refractivity contribution in [3.05, 3.63) is 35.9 Å². The zero-order chi connectivity index (χ0) is 20.8. The number of nitrogens with two attached hydrogens (primary N) is 1. The van der Waals surface area contributed by atoms with E-state index in [9.17, 15) is 19.5 Å². The maximum atomic E-state index is 12.0. The predicted molar refractivity (Wildman–Crippen MR) is 105 cm³/mol. The second-order valence-electron chi connectivity index (χ2n) is 6.67. The highest BCUT2D eigenvalue weighted by Gasteiger charge is 2.20. The van der Waals surface area contributed by atoms with Crippen LogP contribution in [0.1, 0.15) is 51.0 Å². The van der Waals surface area contributed by atoms with Crippen molar-refractivity contribution in [3.8, 4) is 0 Å². The Bertz CT molecular complexity index is 609. The Balaban J connectivity index is 2.26. The Kier molecular flexibility index (Phi) is 11.3. The van der Waals surface area contributed by atoms with Crippen LogP contribution in [0.2, 0.25) is 0 Å². The summed E-state index contributed by atoms with van der Waals surface area (Å²) < 4.78 is 5.02. The number of aliphatic hydroxyl groups is 1. The van der Waals surface area contributed by atoms with Gasteiger partial charge in [-0.2, -0.15) is 0 Å². The fourth-order valence-corrected chi connectivity index (χ4v) is 2.58. The molecular formula is C20H31N3O5. The van der Waals surface area contributed by atoms with E-state index in [4.69, 9.17) is 10.5 Å². The van der Waals surface area contributed by atoms with Crippen LogP contribution in [-0.2, 0) is 20.9 Å². The summed E-state index contributed by atoms with van der Waals surface area (Å²) in [6.45, 7) is 2.06. The smallest absolute Gasteiger partial charge is 0.407 e. The van der Waals surface area contributed by atoms with Gasteiger partial charge in [-0.05, 0) is 12.0 Å². The number of unbranched alkanes of at least 4 members (excludes halogenated alkanes) is 3. The zero-order valence-electron chi connectivity index (χ0n) is 16.4. The van der Waals surface area contributed by atoms with Gasteiger partial charge in [-0.3, -0.25) is 9.59 Å². The molecule has 5 N–H and O–H groups in total. The fraction of sp³-hybridized carbons (Fsp3) is 0.550. The lowest BCUT2D eigenvalue weighted by atomic mass is 10.1. The monoisotopic (exact) mass is 393 g/mol. The van der Waals surface area contributed by atoms with Crippen LogP contribution in [0.25, 0.3) is 0 Å². The Hall–Kier alpha value is -2.61. The molecule has 0 spiro atoms. The van der Waals surface area contributed by atoms with Crippen molar-refractivity contribution in [2.45, 2.75) is 64.2 Å². The maximum Gasteiger partial charge on any atom is 0.407 e. The molecule has 8 heteroatoms. The molecule has 0 aliphatic carbocycles. The van der Waals surface area contributed by atoms with Crippen molar-refractivity contribution >= 4 is 17.9 Å². The van der Waals surface area contributed by atoms with Crippen LogP contribution in [0.5, 0.6) is 0 Å². The molecule has 156 valence electrons. The molecule has 3 amide bonds. The molecule has 0 radical (unpaired) electrons. The number of rotatable bonds is 13. The molecule has 0 heterocycles. The number of carbonyl (C=O) groups is 3. The van der Waals surface area contributed by atoms with E-state index >= 15 is 0 Å². The van der Waals surface area contributed by atoms with Gasteiger partial charge in [0.15, 0.2) is 0 Å². The highest BCUT2D eigenvalue weighted by molar-refractivity contribution is 5.86. The second-order valence-corrected chi connectivity index (χ2v) is 6.67. The molecule has 28 heavy (non-hydrogen) atoms. The summed E-state index contributed by atoms with van der Waals surface area (Å²) in [6.07, 6.45) is 2.32. The van der Waals surface area contributed by atoms with E-state index in [-0.39, 0.29) is 19.6 Å². The fourth-order valence-electron chi connectivity index (χ4n) is 2.58. The summed E-state index contributed by atoms with van der Waals surface area (Å²) in [5.41, 5.74) is 6.16. The average Bonchev–Trinajstić information content (AvgIpc) is 2.67. The van der Waals surface area contributed by atoms with E-state index in [0.29, 0.717) is 6.42 Å². The summed E-state index contributed by atoms with van der Waals surface area (Å²) in [5, 5.41) is 14.8. The molecule has 0 bridgehead atoms. The quantitative estimate of drug-likeness (QED) is 0.378. The topological polar surface area (TPSA) is 131 Å². The summed E-state index contributed by atoms with van der Waals surface area (Å²) in [7, 11) is 0. The van der Waals surface area contributed by atoms with E-state index in [1.165, 1.54) is 0 Å². The Morgan fingerprint density at radius 3 is 2.50 bits per heavy atom. The number of benzene rings is 1. The van der Waals surface area contributed by atoms with Crippen LogP contribution in [-0.4, -0.2) is 41.7 Å². The number of primary amides is 1. The largest absolute Gasteiger partial charge is 0.445 e. The molecule has 2 atom stereocenters. The van der Waals surface area contributed by atoms with Gasteiger partial charge in [0.05, 0.1) is 12.5 Å². The SMILES string of the molecule is CCCCCC[C@H](NC(=O)C[C@H](O)CNC(=O)OCc1ccccc1)C(N)=O. The third kappa shape index (κ3) is 10.5. The lowest BCUT2D eigenvalue weighted by molar-refractivity contribution is -0.128. The molecule has 0 aromatic heterocycles. The Morgan fingerprint density at radius 2 is 1.86 bits per heavy atom. The number of amides is 3. The van der Waals surface area contributed by atoms with Crippen LogP contribution >= 0.6 is 0 Å². The van der Waals surface area contributed by atoms with E-state index < -0.39 is 30.1 Å². The van der Waals surface area contributed by atoms with E-state index in [2.05, 4.69) is 17.6 Å². The number of ether oxygens (including phenoxy) is 1. The van der Waals surface area contributed by atoms with Gasteiger partial charge < -0.3 is 26.2 Å². The summed E-state index contributed by atoms with van der Waals surface area (Å²) in [4.78, 5) is 35.1. The van der Waals surface area contributed by atoms with Gasteiger partial charge in [0.25, 0.3) is 0 Å². The van der Waals surface area contributed by atoms with Crippen molar-refractivity contribution in [1.82, 2.24) is 10.6 Å². The molecule has 0 saturated carbocycles. The number of hydrogen-bond donors (Lipinski definition) is 4. The molecule has 0 aliphatic rings. The lowest BCUT2D eigenvalue weighted by Gasteiger charge is -2.17. The van der Waals surface area contributed by atoms with Crippen molar-refractivity contribution in [1.29, 1.82) is 0 Å². The van der Waals surface area contributed by atoms with Crippen LogP contribution in [0.15, 0.2) is 30.3 Å². The number of nitrogens with one attached hydrogen (secondary N) is 2. The van der Waals surface area contributed by atoms with Gasteiger partial charge >= 0.3 is 6.09 Å². The van der Waals surface area contributed by atoms with Gasteiger partial charge in [0.2, 0.25) is 11.8 Å². The Morgan fingerprint density at radius 1 is 1.14 bits per heavy atom. The van der Waals surface area contributed by atoms with Crippen LogP contribution in [0.3, 0.4) is 0 Å². The first-order chi connectivity index (χ1) is 13.4. The molecule has 1 aromatic carbocycles. The van der Waals surface area contributed by atoms with Crippen molar-refractivity contribution < 1.29 is 24.2 Å². The summed E-state index contributed by atoms with van der Waals surface area (Å²) in [5.74, 6) is -1.09. The zero-order valence-corrected chi connectivity index (χ0v) is 16.4.